The van der Waals surface area contributed by atoms with Gasteiger partial charge in [-0.1, -0.05) is 36.8 Å². The number of rotatable bonds is 6. The lowest BCUT2D eigenvalue weighted by molar-refractivity contribution is -0.228. The number of carbonyl (C=O) groups is 1. The van der Waals surface area contributed by atoms with Gasteiger partial charge in [0.05, 0.1) is 37.6 Å². The predicted octanol–water partition coefficient (Wildman–Crippen LogP) is 1.42. The smallest absolute Gasteiger partial charge is 0.331 e. The molecule has 0 aromatic heterocycles. The maximum Gasteiger partial charge on any atom is 0.331 e. The fraction of sp³-hybridized carbons (Fsp3) is 0.696. The predicted molar refractivity (Wildman–Crippen MR) is 108 cm³/mol. The number of aliphatic hydroxyl groups is 3. The molecule has 1 spiro atoms. The van der Waals surface area contributed by atoms with Crippen molar-refractivity contribution < 1.29 is 34.3 Å². The van der Waals surface area contributed by atoms with Gasteiger partial charge in [0.2, 0.25) is 0 Å². The van der Waals surface area contributed by atoms with Crippen LogP contribution < -0.4 is 0 Å². The summed E-state index contributed by atoms with van der Waals surface area (Å²) in [7, 11) is 0. The Kier molecular flexibility index (Phi) is 5.48. The summed E-state index contributed by atoms with van der Waals surface area (Å²) in [5.74, 6) is -0.493. The van der Waals surface area contributed by atoms with E-state index in [2.05, 4.69) is 19.9 Å². The van der Waals surface area contributed by atoms with Crippen molar-refractivity contribution in [1.82, 2.24) is 0 Å². The molecule has 8 atom stereocenters. The van der Waals surface area contributed by atoms with E-state index in [1.807, 2.05) is 0 Å². The lowest BCUT2D eigenvalue weighted by Crippen LogP contribution is -2.66. The number of allylic oxidation sites excluding steroid dienone is 3. The highest BCUT2D eigenvalue weighted by atomic mass is 16.6. The molecule has 0 amide bonds. The number of carbonyl (C=O) groups excluding carboxylic acids is 1. The van der Waals surface area contributed by atoms with Crippen LogP contribution >= 0.6 is 0 Å². The van der Waals surface area contributed by atoms with Crippen LogP contribution in [0.3, 0.4) is 0 Å². The Hall–Kier alpha value is -1.51. The maximum absolute atomic E-state index is 12.5. The summed E-state index contributed by atoms with van der Waals surface area (Å²) in [5, 5.41) is 29.4. The number of fused-ring (bicyclic) bond motifs is 2. The van der Waals surface area contributed by atoms with Crippen molar-refractivity contribution in [3.63, 3.8) is 0 Å². The number of aliphatic hydroxyl groups excluding tert-OH is 3. The quantitative estimate of drug-likeness (QED) is 0.196. The van der Waals surface area contributed by atoms with Crippen molar-refractivity contribution in [2.75, 3.05) is 13.2 Å². The van der Waals surface area contributed by atoms with Gasteiger partial charge in [-0.2, -0.15) is 0 Å². The second kappa shape index (κ2) is 7.57. The van der Waals surface area contributed by atoms with Crippen LogP contribution in [-0.4, -0.2) is 70.6 Å². The fourth-order valence-electron chi connectivity index (χ4n) is 5.82. The van der Waals surface area contributed by atoms with E-state index in [0.29, 0.717) is 13.0 Å². The lowest BCUT2D eigenvalue weighted by Gasteiger charge is -2.58. The Morgan fingerprint density at radius 2 is 2.13 bits per heavy atom. The second-order valence-electron chi connectivity index (χ2n) is 9.39. The van der Waals surface area contributed by atoms with E-state index in [0.717, 1.165) is 12.8 Å². The van der Waals surface area contributed by atoms with Gasteiger partial charge < -0.3 is 29.5 Å². The third-order valence-electron chi connectivity index (χ3n) is 7.90. The highest BCUT2D eigenvalue weighted by Crippen LogP contribution is 2.71. The molecule has 2 aliphatic heterocycles. The average Bonchev–Trinajstić information content (AvgIpc) is 3.48. The van der Waals surface area contributed by atoms with Crippen molar-refractivity contribution in [3.05, 3.63) is 36.0 Å². The molecule has 1 saturated carbocycles. The number of esters is 1. The van der Waals surface area contributed by atoms with E-state index in [1.165, 1.54) is 36.8 Å². The van der Waals surface area contributed by atoms with Gasteiger partial charge in [0, 0.05) is 23.3 Å². The second-order valence-corrected chi connectivity index (χ2v) is 9.39. The lowest BCUT2D eigenvalue weighted by atomic mass is 9.51. The van der Waals surface area contributed by atoms with Gasteiger partial charge in [0.1, 0.15) is 11.7 Å². The zero-order valence-electron chi connectivity index (χ0n) is 17.8. The first kappa shape index (κ1) is 21.7. The topological polar surface area (TPSA) is 109 Å². The molecule has 4 aliphatic rings. The molecule has 166 valence electrons. The molecule has 0 unspecified atom stereocenters. The fourth-order valence-corrected chi connectivity index (χ4v) is 5.82. The van der Waals surface area contributed by atoms with E-state index >= 15 is 0 Å². The maximum atomic E-state index is 12.5. The Morgan fingerprint density at radius 1 is 1.40 bits per heavy atom. The third kappa shape index (κ3) is 3.02. The highest BCUT2D eigenvalue weighted by Gasteiger charge is 2.82. The summed E-state index contributed by atoms with van der Waals surface area (Å²) >= 11 is 0. The van der Waals surface area contributed by atoms with Gasteiger partial charge in [-0.25, -0.2) is 4.79 Å². The SMILES string of the molecule is CC1=C[C@H]2O[C@@H]3C[C@@H](OC(=O)/C=C\C=C\[C@H](O)[C@@H](C)O)[C@@](C)([C@@]2(CO)CC1)[C@@]31CO1. The van der Waals surface area contributed by atoms with Gasteiger partial charge in [0.25, 0.3) is 0 Å². The minimum absolute atomic E-state index is 0.0559. The van der Waals surface area contributed by atoms with Crippen molar-refractivity contribution >= 4 is 5.97 Å². The molecule has 3 fully saturated rings. The Balaban J connectivity index is 1.55. The molecule has 2 bridgehead atoms. The molecular formula is C23H32O7. The standard InChI is InChI=1S/C23H32O7/c1-14-8-9-22(12-24)18(10-14)29-19-11-17(21(22,3)23(19)13-28-23)30-20(27)7-5-4-6-16(26)15(2)25/h4-7,10,15-19,24-26H,8-9,11-13H2,1-3H3/b6-4+,7-5-/t15-,16+,17-,18-,19-,21+,22-,23-/m1/s1. The van der Waals surface area contributed by atoms with Crippen LogP contribution in [0.5, 0.6) is 0 Å². The molecule has 0 aromatic rings. The van der Waals surface area contributed by atoms with E-state index < -0.39 is 40.7 Å². The average molecular weight is 421 g/mol. The van der Waals surface area contributed by atoms with Crippen LogP contribution in [0, 0.1) is 10.8 Å². The first-order valence-corrected chi connectivity index (χ1v) is 10.7. The number of hydrogen-bond acceptors (Lipinski definition) is 7. The van der Waals surface area contributed by atoms with Crippen LogP contribution in [0.2, 0.25) is 0 Å². The van der Waals surface area contributed by atoms with Crippen LogP contribution in [0.4, 0.5) is 0 Å². The van der Waals surface area contributed by atoms with E-state index in [9.17, 15) is 20.1 Å². The summed E-state index contributed by atoms with van der Waals surface area (Å²) < 4.78 is 18.3. The molecule has 7 nitrogen and oxygen atoms in total. The van der Waals surface area contributed by atoms with E-state index in [4.69, 9.17) is 14.2 Å². The molecular weight excluding hydrogens is 388 g/mol. The molecule has 2 saturated heterocycles. The Morgan fingerprint density at radius 3 is 2.77 bits per heavy atom. The zero-order valence-corrected chi connectivity index (χ0v) is 17.8. The molecule has 30 heavy (non-hydrogen) atoms. The van der Waals surface area contributed by atoms with Crippen molar-refractivity contribution in [2.24, 2.45) is 10.8 Å². The van der Waals surface area contributed by atoms with Crippen molar-refractivity contribution in [3.8, 4) is 0 Å². The van der Waals surface area contributed by atoms with Crippen LogP contribution in [0.15, 0.2) is 36.0 Å². The molecule has 0 aromatic carbocycles. The summed E-state index contributed by atoms with van der Waals surface area (Å²) in [6.07, 6.45) is 7.27. The van der Waals surface area contributed by atoms with E-state index in [1.54, 1.807) is 0 Å². The Bertz CT molecular complexity index is 780. The van der Waals surface area contributed by atoms with Gasteiger partial charge in [-0.15, -0.1) is 0 Å². The Labute approximate surface area is 177 Å². The first-order valence-electron chi connectivity index (χ1n) is 10.7. The molecule has 3 N–H and O–H groups in total. The van der Waals surface area contributed by atoms with Crippen LogP contribution in [0.1, 0.15) is 40.0 Å². The molecule has 7 heteroatoms. The van der Waals surface area contributed by atoms with Crippen LogP contribution in [-0.2, 0) is 19.0 Å². The minimum Gasteiger partial charge on any atom is -0.458 e. The molecule has 0 radical (unpaired) electrons. The van der Waals surface area contributed by atoms with E-state index in [-0.39, 0.29) is 18.8 Å². The first-order chi connectivity index (χ1) is 14.2. The van der Waals surface area contributed by atoms with Gasteiger partial charge in [0.15, 0.2) is 0 Å². The van der Waals surface area contributed by atoms with Gasteiger partial charge >= 0.3 is 5.97 Å². The number of epoxide rings is 1. The van der Waals surface area contributed by atoms with Gasteiger partial charge in [-0.05, 0) is 26.7 Å². The summed E-state index contributed by atoms with van der Waals surface area (Å²) in [4.78, 5) is 12.5. The van der Waals surface area contributed by atoms with Crippen LogP contribution in [0.25, 0.3) is 0 Å². The largest absolute Gasteiger partial charge is 0.458 e. The zero-order chi connectivity index (χ0) is 21.7. The number of ether oxygens (including phenoxy) is 3. The number of hydrogen-bond donors (Lipinski definition) is 3. The molecule has 2 aliphatic carbocycles. The molecule has 4 rings (SSSR count). The van der Waals surface area contributed by atoms with Crippen molar-refractivity contribution in [1.29, 1.82) is 0 Å². The highest BCUT2D eigenvalue weighted by molar-refractivity contribution is 5.82. The summed E-state index contributed by atoms with van der Waals surface area (Å²) in [6.45, 7) is 6.14. The third-order valence-corrected chi connectivity index (χ3v) is 7.90. The summed E-state index contributed by atoms with van der Waals surface area (Å²) in [6, 6.07) is 0. The monoisotopic (exact) mass is 420 g/mol. The van der Waals surface area contributed by atoms with Gasteiger partial charge in [-0.3, -0.25) is 0 Å². The van der Waals surface area contributed by atoms with Crippen molar-refractivity contribution in [2.45, 2.75) is 76.2 Å². The summed E-state index contributed by atoms with van der Waals surface area (Å²) in [5.41, 5.74) is -0.378. The normalized spacial score (nSPS) is 44.2. The minimum atomic E-state index is -0.994. The molecule has 2 heterocycles.